The van der Waals surface area contributed by atoms with Gasteiger partial charge >= 0.3 is 0 Å². The minimum Gasteiger partial charge on any atom is -0.309 e. The normalized spacial score (nSPS) is 22.7. The van der Waals surface area contributed by atoms with Crippen molar-refractivity contribution >= 4 is 11.8 Å². The lowest BCUT2D eigenvalue weighted by molar-refractivity contribution is 0.615. The molecule has 1 aliphatic rings. The zero-order valence-electron chi connectivity index (χ0n) is 7.39. The van der Waals surface area contributed by atoms with Crippen LogP contribution in [0.4, 0.5) is 0 Å². The first-order valence-corrected chi connectivity index (χ1v) is 5.36. The van der Waals surface area contributed by atoms with Crippen molar-refractivity contribution in [3.63, 3.8) is 0 Å². The smallest absolute Gasteiger partial charge is 0.0282 e. The molecule has 2 heteroatoms. The van der Waals surface area contributed by atoms with Crippen LogP contribution in [0.3, 0.4) is 0 Å². The fourth-order valence-corrected chi connectivity index (χ4v) is 1.76. The lowest BCUT2D eigenvalue weighted by Gasteiger charge is -2.15. The molecule has 0 spiro atoms. The zero-order valence-corrected chi connectivity index (χ0v) is 8.21. The van der Waals surface area contributed by atoms with Crippen LogP contribution in [0.25, 0.3) is 0 Å². The summed E-state index contributed by atoms with van der Waals surface area (Å²) in [5, 5.41) is 3.45. The average molecular weight is 171 g/mol. The molecule has 0 radical (unpaired) electrons. The quantitative estimate of drug-likeness (QED) is 0.635. The molecule has 1 rings (SSSR count). The van der Waals surface area contributed by atoms with Crippen LogP contribution >= 0.6 is 11.8 Å². The molecule has 64 valence electrons. The second-order valence-corrected chi connectivity index (χ2v) is 4.57. The highest BCUT2D eigenvalue weighted by atomic mass is 32.2. The predicted octanol–water partition coefficient (Wildman–Crippen LogP) is 2.05. The van der Waals surface area contributed by atoms with Crippen molar-refractivity contribution in [3.05, 3.63) is 12.7 Å². The van der Waals surface area contributed by atoms with Gasteiger partial charge in [0.15, 0.2) is 0 Å². The van der Waals surface area contributed by atoms with E-state index in [2.05, 4.69) is 25.1 Å². The second kappa shape index (κ2) is 3.63. The minimum atomic E-state index is 0.458. The van der Waals surface area contributed by atoms with Gasteiger partial charge in [0.05, 0.1) is 0 Å². The zero-order chi connectivity index (χ0) is 8.32. The number of hydrogen-bond donors (Lipinski definition) is 1. The molecule has 0 amide bonds. The highest BCUT2D eigenvalue weighted by Crippen LogP contribution is 2.46. The molecular weight excluding hydrogens is 154 g/mol. The maximum Gasteiger partial charge on any atom is 0.0282 e. The van der Waals surface area contributed by atoms with Crippen LogP contribution in [0.1, 0.15) is 19.8 Å². The third-order valence-electron chi connectivity index (χ3n) is 2.34. The Balaban J connectivity index is 2.16. The summed E-state index contributed by atoms with van der Waals surface area (Å²) in [5.74, 6) is 0. The topological polar surface area (TPSA) is 12.0 Å². The van der Waals surface area contributed by atoms with Crippen molar-refractivity contribution in [2.45, 2.75) is 30.6 Å². The van der Waals surface area contributed by atoms with Gasteiger partial charge in [-0.1, -0.05) is 6.08 Å². The molecule has 0 heterocycles. The molecule has 0 aromatic heterocycles. The third kappa shape index (κ3) is 2.53. The van der Waals surface area contributed by atoms with Crippen LogP contribution in [-0.4, -0.2) is 23.6 Å². The Morgan fingerprint density at radius 3 is 2.73 bits per heavy atom. The highest BCUT2D eigenvalue weighted by Gasteiger charge is 2.41. The van der Waals surface area contributed by atoms with E-state index in [1.807, 2.05) is 17.8 Å². The Bertz CT molecular complexity index is 140. The molecule has 0 aliphatic heterocycles. The van der Waals surface area contributed by atoms with Gasteiger partial charge in [0.2, 0.25) is 0 Å². The van der Waals surface area contributed by atoms with Crippen LogP contribution in [0, 0.1) is 0 Å². The summed E-state index contributed by atoms with van der Waals surface area (Å²) in [5.41, 5.74) is 0. The van der Waals surface area contributed by atoms with E-state index in [0.29, 0.717) is 10.8 Å². The molecule has 1 aliphatic carbocycles. The maximum absolute atomic E-state index is 3.74. The van der Waals surface area contributed by atoms with E-state index in [1.165, 1.54) is 12.8 Å². The fraction of sp³-hybridized carbons (Fsp3) is 0.778. The molecule has 1 atom stereocenters. The first kappa shape index (κ1) is 9.14. The van der Waals surface area contributed by atoms with Crippen LogP contribution in [0.15, 0.2) is 12.7 Å². The Labute approximate surface area is 73.6 Å². The predicted molar refractivity (Wildman–Crippen MR) is 53.1 cm³/mol. The Hall–Kier alpha value is 0.0500. The van der Waals surface area contributed by atoms with Crippen molar-refractivity contribution in [2.24, 2.45) is 0 Å². The molecule has 0 bridgehead atoms. The molecule has 0 aromatic rings. The van der Waals surface area contributed by atoms with Crippen LogP contribution in [0.2, 0.25) is 0 Å². The maximum atomic E-state index is 3.74. The Morgan fingerprint density at radius 2 is 2.36 bits per heavy atom. The van der Waals surface area contributed by atoms with Gasteiger partial charge in [-0.2, -0.15) is 11.8 Å². The average Bonchev–Trinajstić information content (AvgIpc) is 2.81. The minimum absolute atomic E-state index is 0.458. The summed E-state index contributed by atoms with van der Waals surface area (Å²) in [6, 6.07) is 0.458. The number of nitrogens with one attached hydrogen (secondary N) is 1. The van der Waals surface area contributed by atoms with Crippen molar-refractivity contribution in [1.82, 2.24) is 5.32 Å². The molecule has 1 N–H and O–H groups in total. The van der Waals surface area contributed by atoms with E-state index in [1.54, 1.807) is 0 Å². The van der Waals surface area contributed by atoms with Crippen LogP contribution < -0.4 is 5.32 Å². The molecule has 0 saturated heterocycles. The first-order chi connectivity index (χ1) is 5.22. The van der Waals surface area contributed by atoms with Crippen molar-refractivity contribution in [2.75, 3.05) is 12.8 Å². The molecule has 11 heavy (non-hydrogen) atoms. The van der Waals surface area contributed by atoms with Gasteiger partial charge in [-0.3, -0.25) is 0 Å². The standard InChI is InChI=1S/C9H17NS/c1-4-8(2)10-7-9(11-3)5-6-9/h4,8,10H,1,5-7H2,2-3H3. The van der Waals surface area contributed by atoms with Crippen molar-refractivity contribution in [3.8, 4) is 0 Å². The molecule has 1 unspecified atom stereocenters. The lowest BCUT2D eigenvalue weighted by atomic mass is 10.3. The summed E-state index contributed by atoms with van der Waals surface area (Å²) >= 11 is 1.99. The van der Waals surface area contributed by atoms with Gasteiger partial charge in [-0.25, -0.2) is 0 Å². The van der Waals surface area contributed by atoms with Gasteiger partial charge in [0.25, 0.3) is 0 Å². The van der Waals surface area contributed by atoms with Gasteiger partial charge in [-0.15, -0.1) is 6.58 Å². The molecule has 1 nitrogen and oxygen atoms in total. The SMILES string of the molecule is C=CC(C)NCC1(SC)CC1. The Morgan fingerprint density at radius 1 is 1.73 bits per heavy atom. The molecule has 0 aromatic carbocycles. The largest absolute Gasteiger partial charge is 0.309 e. The molecule has 1 saturated carbocycles. The second-order valence-electron chi connectivity index (χ2n) is 3.29. The van der Waals surface area contributed by atoms with E-state index in [0.717, 1.165) is 6.54 Å². The lowest BCUT2D eigenvalue weighted by Crippen LogP contribution is -2.31. The summed E-state index contributed by atoms with van der Waals surface area (Å²) in [6.45, 7) is 7.02. The fourth-order valence-electron chi connectivity index (χ4n) is 1.02. The van der Waals surface area contributed by atoms with E-state index < -0.39 is 0 Å². The van der Waals surface area contributed by atoms with E-state index in [9.17, 15) is 0 Å². The summed E-state index contributed by atoms with van der Waals surface area (Å²) in [7, 11) is 0. The van der Waals surface area contributed by atoms with E-state index >= 15 is 0 Å². The van der Waals surface area contributed by atoms with Crippen molar-refractivity contribution < 1.29 is 0 Å². The number of thioether (sulfide) groups is 1. The number of hydrogen-bond acceptors (Lipinski definition) is 2. The number of rotatable bonds is 5. The van der Waals surface area contributed by atoms with Crippen LogP contribution in [0.5, 0.6) is 0 Å². The van der Waals surface area contributed by atoms with Gasteiger partial charge < -0.3 is 5.32 Å². The molecular formula is C9H17NS. The van der Waals surface area contributed by atoms with E-state index in [-0.39, 0.29) is 0 Å². The van der Waals surface area contributed by atoms with Gasteiger partial charge in [0, 0.05) is 17.3 Å². The van der Waals surface area contributed by atoms with Crippen LogP contribution in [-0.2, 0) is 0 Å². The summed E-state index contributed by atoms with van der Waals surface area (Å²) < 4.78 is 0.581. The Kier molecular flexibility index (Phi) is 3.02. The van der Waals surface area contributed by atoms with Gasteiger partial charge in [0.1, 0.15) is 0 Å². The van der Waals surface area contributed by atoms with Crippen molar-refractivity contribution in [1.29, 1.82) is 0 Å². The highest BCUT2D eigenvalue weighted by molar-refractivity contribution is 8.00. The summed E-state index contributed by atoms with van der Waals surface area (Å²) in [4.78, 5) is 0. The molecule has 1 fully saturated rings. The monoisotopic (exact) mass is 171 g/mol. The third-order valence-corrected chi connectivity index (χ3v) is 3.76. The van der Waals surface area contributed by atoms with Gasteiger partial charge in [-0.05, 0) is 26.0 Å². The van der Waals surface area contributed by atoms with E-state index in [4.69, 9.17) is 0 Å². The first-order valence-electron chi connectivity index (χ1n) is 4.13. The summed E-state index contributed by atoms with van der Waals surface area (Å²) in [6.07, 6.45) is 6.92.